The van der Waals surface area contributed by atoms with E-state index in [9.17, 15) is 19.0 Å². The summed E-state index contributed by atoms with van der Waals surface area (Å²) in [4.78, 5) is 37.5. The molecule has 0 aliphatic carbocycles. The number of nitrogens with zero attached hydrogens (tertiary/aromatic N) is 1. The van der Waals surface area contributed by atoms with Crippen LogP contribution in [0.5, 0.6) is 0 Å². The second-order valence-electron chi connectivity index (χ2n) is 14.9. The van der Waals surface area contributed by atoms with Crippen LogP contribution in [0.3, 0.4) is 0 Å². The van der Waals surface area contributed by atoms with Gasteiger partial charge in [-0.15, -0.1) is 0 Å². The molecule has 0 aromatic heterocycles. The van der Waals surface area contributed by atoms with E-state index < -0.39 is 32.5 Å². The van der Waals surface area contributed by atoms with Crippen molar-refractivity contribution in [1.29, 1.82) is 0 Å². The number of esters is 2. The number of phosphoric acid groups is 1. The molecule has 328 valence electrons. The molecule has 10 heteroatoms. The maximum atomic E-state index is 12.6. The van der Waals surface area contributed by atoms with Crippen LogP contribution in [0.15, 0.2) is 109 Å². The number of carbonyl (C=O) groups is 2. The van der Waals surface area contributed by atoms with Crippen molar-refractivity contribution in [3.63, 3.8) is 0 Å². The summed E-state index contributed by atoms with van der Waals surface area (Å²) in [6, 6.07) is 0. The van der Waals surface area contributed by atoms with Gasteiger partial charge in [0, 0.05) is 12.8 Å². The first kappa shape index (κ1) is 54.7. The molecule has 0 aliphatic rings. The first-order chi connectivity index (χ1) is 28.0. The number of ether oxygens (including phenoxy) is 2. The van der Waals surface area contributed by atoms with Gasteiger partial charge in [-0.2, -0.15) is 0 Å². The Kier molecular flexibility index (Phi) is 36.9. The lowest BCUT2D eigenvalue weighted by Gasteiger charge is -2.28. The van der Waals surface area contributed by atoms with E-state index in [-0.39, 0.29) is 26.1 Å². The van der Waals surface area contributed by atoms with Gasteiger partial charge in [0.05, 0.1) is 27.7 Å². The van der Waals surface area contributed by atoms with Gasteiger partial charge in [0.2, 0.25) is 0 Å². The molecule has 0 radical (unpaired) electrons. The van der Waals surface area contributed by atoms with Crippen LogP contribution in [-0.2, 0) is 32.7 Å². The van der Waals surface area contributed by atoms with Crippen LogP contribution < -0.4 is 4.89 Å². The van der Waals surface area contributed by atoms with Gasteiger partial charge in [0.1, 0.15) is 19.8 Å². The largest absolute Gasteiger partial charge is 0.756 e. The number of rotatable bonds is 37. The second kappa shape index (κ2) is 39.1. The lowest BCUT2D eigenvalue weighted by Crippen LogP contribution is -2.37. The van der Waals surface area contributed by atoms with Gasteiger partial charge < -0.3 is 27.9 Å². The molecular weight excluding hydrogens is 750 g/mol. The predicted octanol–water partition coefficient (Wildman–Crippen LogP) is 11.7. The lowest BCUT2D eigenvalue weighted by molar-refractivity contribution is -0.870. The summed E-state index contributed by atoms with van der Waals surface area (Å²) in [5, 5.41) is 0. The summed E-state index contributed by atoms with van der Waals surface area (Å²) in [6.07, 6.45) is 52.8. The normalized spacial score (nSPS) is 14.7. The minimum atomic E-state index is -4.66. The average molecular weight is 828 g/mol. The number of unbranched alkanes of at least 4 members (excludes halogenated alkanes) is 5. The third-order valence-electron chi connectivity index (χ3n) is 8.30. The number of phosphoric ester groups is 1. The summed E-state index contributed by atoms with van der Waals surface area (Å²) in [6.45, 7) is 3.86. The summed E-state index contributed by atoms with van der Waals surface area (Å²) in [5.74, 6) is -0.966. The average Bonchev–Trinajstić information content (AvgIpc) is 3.17. The molecule has 0 spiro atoms. The van der Waals surface area contributed by atoms with Crippen LogP contribution in [-0.4, -0.2) is 70.0 Å². The minimum Gasteiger partial charge on any atom is -0.756 e. The Hall–Kier alpha value is -3.33. The quantitative estimate of drug-likeness (QED) is 0.0200. The van der Waals surface area contributed by atoms with E-state index >= 15 is 0 Å². The van der Waals surface area contributed by atoms with Crippen LogP contribution in [0.25, 0.3) is 0 Å². The van der Waals surface area contributed by atoms with Crippen molar-refractivity contribution >= 4 is 19.8 Å². The summed E-state index contributed by atoms with van der Waals surface area (Å²) >= 11 is 0. The first-order valence-electron chi connectivity index (χ1n) is 21.6. The summed E-state index contributed by atoms with van der Waals surface area (Å²) in [5.41, 5.74) is 0. The molecular formula is C48H78NO8P. The first-order valence-corrected chi connectivity index (χ1v) is 23.1. The molecule has 58 heavy (non-hydrogen) atoms. The van der Waals surface area contributed by atoms with Crippen molar-refractivity contribution in [3.8, 4) is 0 Å². The molecule has 0 fully saturated rings. The van der Waals surface area contributed by atoms with Gasteiger partial charge in [0.25, 0.3) is 7.82 Å². The Morgan fingerprint density at radius 2 is 0.966 bits per heavy atom. The Balaban J connectivity index is 4.56. The van der Waals surface area contributed by atoms with Crippen molar-refractivity contribution in [2.24, 2.45) is 0 Å². The minimum absolute atomic E-state index is 0.0542. The van der Waals surface area contributed by atoms with Crippen molar-refractivity contribution < 1.29 is 42.1 Å². The number of hydrogen-bond acceptors (Lipinski definition) is 8. The maximum Gasteiger partial charge on any atom is 0.306 e. The number of allylic oxidation sites excluding steroid dienone is 18. The molecule has 0 amide bonds. The fourth-order valence-corrected chi connectivity index (χ4v) is 5.72. The van der Waals surface area contributed by atoms with Gasteiger partial charge in [-0.05, 0) is 83.5 Å². The zero-order valence-corrected chi connectivity index (χ0v) is 37.6. The van der Waals surface area contributed by atoms with Crippen molar-refractivity contribution in [2.75, 3.05) is 47.5 Å². The van der Waals surface area contributed by atoms with Gasteiger partial charge in [-0.1, -0.05) is 142 Å². The monoisotopic (exact) mass is 828 g/mol. The van der Waals surface area contributed by atoms with Gasteiger partial charge in [-0.25, -0.2) is 0 Å². The van der Waals surface area contributed by atoms with Crippen molar-refractivity contribution in [3.05, 3.63) is 109 Å². The number of hydrogen-bond donors (Lipinski definition) is 0. The third-order valence-corrected chi connectivity index (χ3v) is 9.27. The molecule has 0 N–H and O–H groups in total. The molecule has 0 aromatic carbocycles. The van der Waals surface area contributed by atoms with E-state index in [1.807, 2.05) is 33.3 Å². The highest BCUT2D eigenvalue weighted by Gasteiger charge is 2.21. The molecule has 0 saturated carbocycles. The van der Waals surface area contributed by atoms with Crippen LogP contribution in [0.4, 0.5) is 0 Å². The predicted molar refractivity (Wildman–Crippen MR) is 240 cm³/mol. The van der Waals surface area contributed by atoms with Crippen molar-refractivity contribution in [1.82, 2.24) is 0 Å². The fourth-order valence-electron chi connectivity index (χ4n) is 4.99. The Bertz CT molecular complexity index is 1350. The molecule has 0 rings (SSSR count). The highest BCUT2D eigenvalue weighted by atomic mass is 31.2. The summed E-state index contributed by atoms with van der Waals surface area (Å²) < 4.78 is 33.8. The van der Waals surface area contributed by atoms with E-state index in [0.29, 0.717) is 23.9 Å². The van der Waals surface area contributed by atoms with Crippen LogP contribution in [0.1, 0.15) is 129 Å². The molecule has 0 aromatic rings. The standard InChI is InChI=1S/C48H78NO8P/c1-6-8-10-12-14-16-18-20-22-23-24-25-27-29-31-33-35-37-39-41-48(51)57-46(45-56-58(52,53)55-43-42-49(3,4)5)44-54-47(50)40-38-36-34-32-30-28-26-21-19-17-15-13-11-9-7-2/h8-11,14-17,20-22,24-26,29,31,35,37,46H,6-7,12-13,18-19,23,27-28,30,32-34,36,38-45H2,1-5H3/b10-8-,11-9-,16-14-,17-15-,22-20-,25-24-,26-21-,31-29-,37-35-. The molecule has 0 saturated heterocycles. The SMILES string of the molecule is CC/C=C\C/C=C\C/C=C\C/C=C\C/C=C\C/C=C\CCC(=O)OC(COC(=O)CCCCCCC/C=C\C/C=C\C/C=C\CC)COP(=O)([O-])OCC[N+](C)(C)C. The maximum absolute atomic E-state index is 12.6. The van der Waals surface area contributed by atoms with E-state index in [2.05, 4.69) is 111 Å². The smallest absolute Gasteiger partial charge is 0.306 e. The second-order valence-corrected chi connectivity index (χ2v) is 16.4. The number of likely N-dealkylation sites (N-methyl/N-ethyl adjacent to an activating group) is 1. The lowest BCUT2D eigenvalue weighted by atomic mass is 10.1. The van der Waals surface area contributed by atoms with Crippen LogP contribution in [0.2, 0.25) is 0 Å². The molecule has 2 atom stereocenters. The molecule has 0 heterocycles. The Morgan fingerprint density at radius 3 is 1.45 bits per heavy atom. The van der Waals surface area contributed by atoms with Gasteiger partial charge in [-0.3, -0.25) is 14.2 Å². The Labute approximate surface area is 353 Å². The van der Waals surface area contributed by atoms with Crippen LogP contribution in [0, 0.1) is 0 Å². The fraction of sp³-hybridized carbons (Fsp3) is 0.583. The van der Waals surface area contributed by atoms with E-state index in [0.717, 1.165) is 89.9 Å². The summed E-state index contributed by atoms with van der Waals surface area (Å²) in [7, 11) is 1.09. The molecule has 0 aliphatic heterocycles. The van der Waals surface area contributed by atoms with E-state index in [1.54, 1.807) is 0 Å². The van der Waals surface area contributed by atoms with E-state index in [4.69, 9.17) is 18.5 Å². The van der Waals surface area contributed by atoms with E-state index in [1.165, 1.54) is 0 Å². The highest BCUT2D eigenvalue weighted by Crippen LogP contribution is 2.38. The Morgan fingerprint density at radius 1 is 0.534 bits per heavy atom. The zero-order valence-electron chi connectivity index (χ0n) is 36.7. The van der Waals surface area contributed by atoms with Gasteiger partial charge in [0.15, 0.2) is 6.10 Å². The highest BCUT2D eigenvalue weighted by molar-refractivity contribution is 7.45. The number of quaternary nitrogens is 1. The van der Waals surface area contributed by atoms with Crippen LogP contribution >= 0.6 is 7.82 Å². The third kappa shape index (κ3) is 42.3. The van der Waals surface area contributed by atoms with Gasteiger partial charge >= 0.3 is 11.9 Å². The number of carbonyl (C=O) groups excluding carboxylic acids is 2. The molecule has 2 unspecified atom stereocenters. The molecule has 9 nitrogen and oxygen atoms in total. The zero-order chi connectivity index (χ0) is 42.8. The topological polar surface area (TPSA) is 111 Å². The molecule has 0 bridgehead atoms. The van der Waals surface area contributed by atoms with Crippen molar-refractivity contribution in [2.45, 2.75) is 136 Å².